The maximum absolute atomic E-state index is 12.4. The van der Waals surface area contributed by atoms with E-state index in [4.69, 9.17) is 0 Å². The lowest BCUT2D eigenvalue weighted by Gasteiger charge is -2.14. The van der Waals surface area contributed by atoms with Gasteiger partial charge in [-0.15, -0.1) is 0 Å². The van der Waals surface area contributed by atoms with E-state index < -0.39 is 0 Å². The number of hydrogen-bond donors (Lipinski definition) is 0. The summed E-state index contributed by atoms with van der Waals surface area (Å²) in [5.41, 5.74) is 2.54. The van der Waals surface area contributed by atoms with Crippen LogP contribution in [0.25, 0.3) is 0 Å². The highest BCUT2D eigenvalue weighted by Gasteiger charge is 2.30. The first kappa shape index (κ1) is 13.3. The molecule has 0 N–H and O–H groups in total. The van der Waals surface area contributed by atoms with Gasteiger partial charge >= 0.3 is 0 Å². The van der Waals surface area contributed by atoms with Crippen molar-refractivity contribution in [3.63, 3.8) is 0 Å². The van der Waals surface area contributed by atoms with Crippen LogP contribution in [0, 0.1) is 0 Å². The van der Waals surface area contributed by atoms with E-state index in [1.807, 2.05) is 60.7 Å². The second-order valence-corrected chi connectivity index (χ2v) is 5.05. The number of nitrogens with zero attached hydrogens (tertiary/aromatic N) is 1. The molecule has 1 aliphatic heterocycles. The number of rotatable bonds is 4. The van der Waals surface area contributed by atoms with Gasteiger partial charge in [0.15, 0.2) is 0 Å². The first-order chi connectivity index (χ1) is 10.2. The molecule has 0 saturated carbocycles. The van der Waals surface area contributed by atoms with Crippen molar-refractivity contribution in [3.05, 3.63) is 83.4 Å². The van der Waals surface area contributed by atoms with Crippen molar-refractivity contribution >= 4 is 11.8 Å². The number of carbonyl (C=O) groups excluding carboxylic acids is 2. The van der Waals surface area contributed by atoms with Crippen molar-refractivity contribution in [1.82, 2.24) is 4.90 Å². The van der Waals surface area contributed by atoms with Crippen molar-refractivity contribution in [2.75, 3.05) is 0 Å². The summed E-state index contributed by atoms with van der Waals surface area (Å²) in [4.78, 5) is 25.7. The van der Waals surface area contributed by atoms with Crippen molar-refractivity contribution in [1.29, 1.82) is 0 Å². The highest BCUT2D eigenvalue weighted by Crippen LogP contribution is 2.19. The quantitative estimate of drug-likeness (QED) is 0.806. The van der Waals surface area contributed by atoms with Crippen LogP contribution in [0.5, 0.6) is 0 Å². The molecular formula is C18H15NO2. The van der Waals surface area contributed by atoms with Gasteiger partial charge in [-0.25, -0.2) is 0 Å². The van der Waals surface area contributed by atoms with Gasteiger partial charge in [0.1, 0.15) is 0 Å². The van der Waals surface area contributed by atoms with Crippen LogP contribution in [-0.2, 0) is 22.6 Å². The molecule has 2 amide bonds. The SMILES string of the molecule is O=C1C=C(Cc2ccccc2)C(=O)N1Cc1ccccc1. The van der Waals surface area contributed by atoms with Crippen LogP contribution in [0.3, 0.4) is 0 Å². The minimum atomic E-state index is -0.227. The molecule has 1 heterocycles. The van der Waals surface area contributed by atoms with E-state index in [0.29, 0.717) is 18.5 Å². The zero-order valence-corrected chi connectivity index (χ0v) is 11.5. The molecule has 0 aromatic heterocycles. The summed E-state index contributed by atoms with van der Waals surface area (Å²) < 4.78 is 0. The second-order valence-electron chi connectivity index (χ2n) is 5.05. The molecule has 21 heavy (non-hydrogen) atoms. The highest BCUT2D eigenvalue weighted by atomic mass is 16.2. The van der Waals surface area contributed by atoms with Gasteiger partial charge in [0.2, 0.25) is 0 Å². The van der Waals surface area contributed by atoms with Crippen LogP contribution in [0.4, 0.5) is 0 Å². The van der Waals surface area contributed by atoms with E-state index in [0.717, 1.165) is 11.1 Å². The summed E-state index contributed by atoms with van der Waals surface area (Å²) >= 11 is 0. The Morgan fingerprint density at radius 1 is 0.762 bits per heavy atom. The molecule has 0 bridgehead atoms. The van der Waals surface area contributed by atoms with E-state index in [-0.39, 0.29) is 11.8 Å². The van der Waals surface area contributed by atoms with E-state index in [1.54, 1.807) is 0 Å². The molecule has 1 aliphatic rings. The molecule has 0 aliphatic carbocycles. The number of carbonyl (C=O) groups is 2. The van der Waals surface area contributed by atoms with Gasteiger partial charge in [-0.2, -0.15) is 0 Å². The molecule has 0 unspecified atom stereocenters. The molecular weight excluding hydrogens is 262 g/mol. The van der Waals surface area contributed by atoms with Crippen LogP contribution in [-0.4, -0.2) is 16.7 Å². The normalized spacial score (nSPS) is 14.5. The standard InChI is InChI=1S/C18H15NO2/c20-17-12-16(11-14-7-3-1-4-8-14)18(21)19(17)13-15-9-5-2-6-10-15/h1-10,12H,11,13H2. The Kier molecular flexibility index (Phi) is 3.65. The van der Waals surface area contributed by atoms with Gasteiger partial charge in [0, 0.05) is 18.1 Å². The van der Waals surface area contributed by atoms with Gasteiger partial charge < -0.3 is 0 Å². The molecule has 3 heteroatoms. The molecule has 0 atom stereocenters. The van der Waals surface area contributed by atoms with Gasteiger partial charge in [-0.3, -0.25) is 14.5 Å². The fraction of sp³-hybridized carbons (Fsp3) is 0.111. The van der Waals surface area contributed by atoms with Crippen molar-refractivity contribution in [2.24, 2.45) is 0 Å². The zero-order chi connectivity index (χ0) is 14.7. The molecule has 0 saturated heterocycles. The minimum absolute atomic E-state index is 0.187. The third-order valence-corrected chi connectivity index (χ3v) is 3.50. The van der Waals surface area contributed by atoms with Gasteiger partial charge in [-0.1, -0.05) is 60.7 Å². The Bertz CT molecular complexity index is 690. The van der Waals surface area contributed by atoms with E-state index in [9.17, 15) is 9.59 Å². The lowest BCUT2D eigenvalue weighted by atomic mass is 10.1. The predicted molar refractivity (Wildman–Crippen MR) is 80.2 cm³/mol. The van der Waals surface area contributed by atoms with Crippen molar-refractivity contribution < 1.29 is 9.59 Å². The maximum atomic E-state index is 12.4. The first-order valence-corrected chi connectivity index (χ1v) is 6.88. The first-order valence-electron chi connectivity index (χ1n) is 6.88. The molecule has 0 spiro atoms. The largest absolute Gasteiger partial charge is 0.271 e. The Hall–Kier alpha value is -2.68. The van der Waals surface area contributed by atoms with Crippen LogP contribution in [0.2, 0.25) is 0 Å². The van der Waals surface area contributed by atoms with Gasteiger partial charge in [0.25, 0.3) is 11.8 Å². The Morgan fingerprint density at radius 2 is 1.33 bits per heavy atom. The molecule has 2 aromatic carbocycles. The molecule has 104 valence electrons. The summed E-state index contributed by atoms with van der Waals surface area (Å²) in [7, 11) is 0. The third kappa shape index (κ3) is 2.92. The van der Waals surface area contributed by atoms with Crippen LogP contribution in [0.15, 0.2) is 72.3 Å². The van der Waals surface area contributed by atoms with E-state index in [2.05, 4.69) is 0 Å². The molecule has 2 aromatic rings. The summed E-state index contributed by atoms with van der Waals surface area (Å²) in [6.45, 7) is 0.327. The fourth-order valence-corrected chi connectivity index (χ4v) is 2.42. The van der Waals surface area contributed by atoms with Crippen molar-refractivity contribution in [2.45, 2.75) is 13.0 Å². The van der Waals surface area contributed by atoms with Gasteiger partial charge in [-0.05, 0) is 11.1 Å². The Balaban J connectivity index is 1.73. The highest BCUT2D eigenvalue weighted by molar-refractivity contribution is 6.16. The lowest BCUT2D eigenvalue weighted by Crippen LogP contribution is -2.30. The predicted octanol–water partition coefficient (Wildman–Crippen LogP) is 2.72. The molecule has 3 nitrogen and oxygen atoms in total. The summed E-state index contributed by atoms with van der Waals surface area (Å²) in [6, 6.07) is 19.2. The van der Waals surface area contributed by atoms with Crippen molar-refractivity contribution in [3.8, 4) is 0 Å². The number of imide groups is 1. The van der Waals surface area contributed by atoms with E-state index in [1.165, 1.54) is 11.0 Å². The van der Waals surface area contributed by atoms with E-state index >= 15 is 0 Å². The topological polar surface area (TPSA) is 37.4 Å². The van der Waals surface area contributed by atoms with Crippen LogP contribution >= 0.6 is 0 Å². The average molecular weight is 277 g/mol. The van der Waals surface area contributed by atoms with Crippen LogP contribution in [0.1, 0.15) is 11.1 Å². The molecule has 0 radical (unpaired) electrons. The molecule has 3 rings (SSSR count). The maximum Gasteiger partial charge on any atom is 0.257 e. The number of amides is 2. The zero-order valence-electron chi connectivity index (χ0n) is 11.5. The summed E-state index contributed by atoms with van der Waals surface area (Å²) in [5.74, 6) is -0.414. The number of benzene rings is 2. The Morgan fingerprint density at radius 3 is 1.95 bits per heavy atom. The molecule has 0 fully saturated rings. The summed E-state index contributed by atoms with van der Waals surface area (Å²) in [5, 5.41) is 0. The van der Waals surface area contributed by atoms with Gasteiger partial charge in [0.05, 0.1) is 6.54 Å². The monoisotopic (exact) mass is 277 g/mol. The minimum Gasteiger partial charge on any atom is -0.271 e. The second kappa shape index (κ2) is 5.75. The fourth-order valence-electron chi connectivity index (χ4n) is 2.42. The smallest absolute Gasteiger partial charge is 0.257 e. The lowest BCUT2D eigenvalue weighted by molar-refractivity contribution is -0.137. The van der Waals surface area contributed by atoms with Crippen LogP contribution < -0.4 is 0 Å². The third-order valence-electron chi connectivity index (χ3n) is 3.50. The summed E-state index contributed by atoms with van der Waals surface area (Å²) in [6.07, 6.45) is 1.95. The Labute approximate surface area is 123 Å². The number of hydrogen-bond acceptors (Lipinski definition) is 2. The average Bonchev–Trinajstić information content (AvgIpc) is 2.77.